The predicted octanol–water partition coefficient (Wildman–Crippen LogP) is 7.13. The van der Waals surface area contributed by atoms with Gasteiger partial charge in [-0.3, -0.25) is 9.48 Å². The first kappa shape index (κ1) is 24.8. The van der Waals surface area contributed by atoms with Gasteiger partial charge in [-0.25, -0.2) is 0 Å². The number of hydrogen-bond donors (Lipinski definition) is 0. The van der Waals surface area contributed by atoms with Crippen LogP contribution >= 0.6 is 7.81 Å². The average molecular weight is 411 g/mol. The Morgan fingerprint density at radius 2 is 1.46 bits per heavy atom. The average Bonchev–Trinajstić information content (AvgIpc) is 2.80. The Morgan fingerprint density at radius 1 is 1.00 bits per heavy atom. The Kier molecular flexibility index (Phi) is 9.20. The summed E-state index contributed by atoms with van der Waals surface area (Å²) in [7, 11) is -8.67. The molecule has 0 radical (unpaired) electrons. The van der Waals surface area contributed by atoms with Crippen molar-refractivity contribution in [2.24, 2.45) is 5.11 Å². The summed E-state index contributed by atoms with van der Waals surface area (Å²) in [6.45, 7) is 5.23. The number of hydrogen-bond acceptors (Lipinski definition) is 2. The topological polar surface area (TPSA) is 55.0 Å². The van der Waals surface area contributed by atoms with E-state index >= 15 is 0 Å². The van der Waals surface area contributed by atoms with Crippen molar-refractivity contribution in [2.45, 2.75) is 58.3 Å². The Bertz CT molecular complexity index is 501. The molecule has 0 saturated heterocycles. The fourth-order valence-electron chi connectivity index (χ4n) is 2.54. The van der Waals surface area contributed by atoms with Crippen LogP contribution in [0.5, 0.6) is 0 Å². The van der Waals surface area contributed by atoms with Crippen LogP contribution in [0.15, 0.2) is 5.11 Å². The molecule has 0 aliphatic carbocycles. The molecule has 0 atom stereocenters. The van der Waals surface area contributed by atoms with E-state index in [9.17, 15) is 25.2 Å². The molecule has 12 heteroatoms. The molecule has 0 saturated carbocycles. The Labute approximate surface area is 149 Å². The van der Waals surface area contributed by atoms with Gasteiger partial charge >= 0.3 is 33.0 Å². The van der Waals surface area contributed by atoms with E-state index in [-0.39, 0.29) is 0 Å². The second kappa shape index (κ2) is 9.65. The fourth-order valence-corrected chi connectivity index (χ4v) is 2.54. The van der Waals surface area contributed by atoms with Crippen LogP contribution in [-0.2, 0) is 0 Å². The van der Waals surface area contributed by atoms with Crippen molar-refractivity contribution < 1.29 is 29.8 Å². The number of likely N-dealkylation sites (N-methyl/N-ethyl adjacent to an activating group) is 1. The van der Waals surface area contributed by atoms with E-state index < -0.39 is 7.81 Å². The molecule has 0 aromatic carbocycles. The Morgan fingerprint density at radius 3 is 1.92 bits per heavy atom. The summed E-state index contributed by atoms with van der Waals surface area (Å²) in [6, 6.07) is 0. The van der Waals surface area contributed by atoms with Crippen molar-refractivity contribution in [3.63, 3.8) is 0 Å². The molecule has 0 amide bonds. The molecule has 1 rings (SSSR count). The molecule has 0 aromatic rings. The van der Waals surface area contributed by atoms with E-state index in [1.54, 1.807) is 0 Å². The molecule has 26 heavy (non-hydrogen) atoms. The van der Waals surface area contributed by atoms with Crippen LogP contribution in [-0.4, -0.2) is 42.1 Å². The van der Waals surface area contributed by atoms with Gasteiger partial charge in [0, 0.05) is 10.0 Å². The zero-order valence-electron chi connectivity index (χ0n) is 15.2. The van der Waals surface area contributed by atoms with E-state index in [0.29, 0.717) is 0 Å². The van der Waals surface area contributed by atoms with Gasteiger partial charge in [0.1, 0.15) is 0 Å². The zero-order chi connectivity index (χ0) is 20.3. The quantitative estimate of drug-likeness (QED) is 0.0757. The zero-order valence-corrected chi connectivity index (χ0v) is 16.1. The molecule has 0 aromatic heterocycles. The number of azide groups is 1. The second-order valence-electron chi connectivity index (χ2n) is 6.33. The molecule has 156 valence electrons. The first-order valence-electron chi connectivity index (χ1n) is 8.69. The third-order valence-corrected chi connectivity index (χ3v) is 3.75. The standard InChI is InChI=1S/C14H28N5.F6P/c1-3-4-5-6-7-8-9-10-11-19-13-12-18(2)14(19)16-17-15;1-7(2,3,4,5)6/h3-13H2,1-2H3;/q+1;-1. The van der Waals surface area contributed by atoms with Crippen LogP contribution in [0.25, 0.3) is 10.4 Å². The van der Waals surface area contributed by atoms with Gasteiger partial charge in [0.25, 0.3) is 5.96 Å². The van der Waals surface area contributed by atoms with Gasteiger partial charge in [0.2, 0.25) is 0 Å². The van der Waals surface area contributed by atoms with Crippen LogP contribution in [0.3, 0.4) is 0 Å². The van der Waals surface area contributed by atoms with E-state index in [1.807, 2.05) is 11.6 Å². The van der Waals surface area contributed by atoms with E-state index in [1.165, 1.54) is 51.4 Å². The molecule has 1 aliphatic rings. The monoisotopic (exact) mass is 411 g/mol. The van der Waals surface area contributed by atoms with Crippen molar-refractivity contribution in [3.05, 3.63) is 10.4 Å². The molecule has 0 N–H and O–H groups in total. The van der Waals surface area contributed by atoms with Crippen molar-refractivity contribution in [2.75, 3.05) is 26.7 Å². The second-order valence-corrected chi connectivity index (χ2v) is 8.25. The summed E-state index contributed by atoms with van der Waals surface area (Å²) in [5.74, 6) is 0.797. The molecular weight excluding hydrogens is 383 g/mol. The number of guanidine groups is 1. The van der Waals surface area contributed by atoms with Gasteiger partial charge in [-0.15, -0.1) is 0 Å². The summed E-state index contributed by atoms with van der Waals surface area (Å²) in [6.07, 6.45) is 10.7. The molecule has 0 fully saturated rings. The number of halogens is 6. The van der Waals surface area contributed by atoms with Gasteiger partial charge < -0.3 is 0 Å². The van der Waals surface area contributed by atoms with Crippen molar-refractivity contribution >= 4 is 13.8 Å². The number of nitrogens with zero attached hydrogens (tertiary/aromatic N) is 5. The number of rotatable bonds is 9. The fraction of sp³-hybridized carbons (Fsp3) is 0.929. The van der Waals surface area contributed by atoms with Crippen LogP contribution in [0, 0.1) is 0 Å². The molecule has 0 spiro atoms. The molecule has 1 aliphatic heterocycles. The normalized spacial score (nSPS) is 17.2. The Hall–Kier alpha value is -1.21. The molecule has 1 heterocycles. The predicted molar refractivity (Wildman–Crippen MR) is 93.0 cm³/mol. The molecule has 0 unspecified atom stereocenters. The maximum atomic E-state index is 9.87. The first-order valence-corrected chi connectivity index (χ1v) is 10.7. The number of unbranched alkanes of at least 4 members (excludes halogenated alkanes) is 7. The summed E-state index contributed by atoms with van der Waals surface area (Å²) < 4.78 is 61.2. The molecular formula is C14H28F6N5P. The van der Waals surface area contributed by atoms with Gasteiger partial charge in [0.05, 0.1) is 26.7 Å². The van der Waals surface area contributed by atoms with E-state index in [0.717, 1.165) is 25.6 Å². The summed E-state index contributed by atoms with van der Waals surface area (Å²) in [5, 5.41) is 3.78. The van der Waals surface area contributed by atoms with Gasteiger partial charge in [-0.2, -0.15) is 0 Å². The van der Waals surface area contributed by atoms with Crippen LogP contribution < -0.4 is 0 Å². The van der Waals surface area contributed by atoms with E-state index in [2.05, 4.69) is 21.8 Å². The van der Waals surface area contributed by atoms with E-state index in [4.69, 9.17) is 5.53 Å². The van der Waals surface area contributed by atoms with Crippen molar-refractivity contribution in [3.8, 4) is 0 Å². The molecule has 5 nitrogen and oxygen atoms in total. The minimum absolute atomic E-state index is 0.797. The van der Waals surface area contributed by atoms with Gasteiger partial charge in [-0.05, 0) is 12.0 Å². The Balaban J connectivity index is 0.000000758. The van der Waals surface area contributed by atoms with Crippen LogP contribution in [0.4, 0.5) is 25.2 Å². The van der Waals surface area contributed by atoms with Crippen LogP contribution in [0.2, 0.25) is 0 Å². The third-order valence-electron chi connectivity index (χ3n) is 3.75. The third kappa shape index (κ3) is 17.6. The maximum absolute atomic E-state index is 10.7. The first-order chi connectivity index (χ1) is 11.7. The summed E-state index contributed by atoms with van der Waals surface area (Å²) in [5.41, 5.74) is 8.56. The summed E-state index contributed by atoms with van der Waals surface area (Å²) in [4.78, 5) is 5.11. The van der Waals surface area contributed by atoms with Crippen molar-refractivity contribution in [1.29, 1.82) is 0 Å². The van der Waals surface area contributed by atoms with Crippen LogP contribution in [0.1, 0.15) is 58.3 Å². The molecule has 0 bridgehead atoms. The minimum atomic E-state index is -10.7. The summed E-state index contributed by atoms with van der Waals surface area (Å²) >= 11 is 0. The van der Waals surface area contributed by atoms with Gasteiger partial charge in [-0.1, -0.05) is 51.9 Å². The SMILES string of the molecule is CCCCCCCCCCN1CC[N+](C)=C1N=[N+]=[N-].F[P-](F)(F)(F)(F)F. The van der Waals surface area contributed by atoms with Crippen molar-refractivity contribution in [1.82, 2.24) is 4.90 Å². The van der Waals surface area contributed by atoms with Gasteiger partial charge in [0.15, 0.2) is 0 Å².